The number of likely N-dealkylation sites (N-methyl/N-ethyl adjacent to an activating group) is 1. The van der Waals surface area contributed by atoms with Gasteiger partial charge in [0.25, 0.3) is 5.91 Å². The molecule has 0 spiro atoms. The van der Waals surface area contributed by atoms with E-state index in [0.29, 0.717) is 17.9 Å². The van der Waals surface area contributed by atoms with Crippen LogP contribution in [0.25, 0.3) is 0 Å². The van der Waals surface area contributed by atoms with Gasteiger partial charge >= 0.3 is 5.97 Å². The van der Waals surface area contributed by atoms with Crippen LogP contribution in [0.1, 0.15) is 29.8 Å². The van der Waals surface area contributed by atoms with Crippen LogP contribution in [-0.4, -0.2) is 41.2 Å². The van der Waals surface area contributed by atoms with E-state index in [2.05, 4.69) is 10.3 Å². The van der Waals surface area contributed by atoms with E-state index in [4.69, 9.17) is 4.74 Å². The Morgan fingerprint density at radius 2 is 2.22 bits per heavy atom. The molecule has 0 unspecified atom stereocenters. The highest BCUT2D eigenvalue weighted by atomic mass is 32.2. The van der Waals surface area contributed by atoms with E-state index in [1.54, 1.807) is 42.6 Å². The highest BCUT2D eigenvalue weighted by Crippen LogP contribution is 2.26. The second-order valence-electron chi connectivity index (χ2n) is 4.88. The number of ether oxygens (including phenoxy) is 1. The fraction of sp³-hybridized carbons (Fsp3) is 0.438. The zero-order chi connectivity index (χ0) is 16.7. The first-order chi connectivity index (χ1) is 11.1. The maximum atomic E-state index is 12.3. The number of nitrogens with one attached hydrogen (secondary N) is 1. The molecular formula is C16H20N2O3S2. The first kappa shape index (κ1) is 17.9. The lowest BCUT2D eigenvalue weighted by Gasteiger charge is -2.14. The zero-order valence-corrected chi connectivity index (χ0v) is 14.8. The molecule has 0 aromatic heterocycles. The van der Waals surface area contributed by atoms with Crippen molar-refractivity contribution in [3.63, 3.8) is 0 Å². The largest absolute Gasteiger partial charge is 0.449 e. The Balaban J connectivity index is 2.00. The van der Waals surface area contributed by atoms with Gasteiger partial charge in [-0.25, -0.2) is 4.79 Å². The SMILES string of the molecule is CCNC(=O)[C@@H](C)OC(=O)c1ccccc1CSC1=NCCS1. The predicted molar refractivity (Wildman–Crippen MR) is 96.1 cm³/mol. The summed E-state index contributed by atoms with van der Waals surface area (Å²) in [5, 5.41) is 2.64. The molecule has 1 heterocycles. The van der Waals surface area contributed by atoms with Crippen LogP contribution < -0.4 is 5.32 Å². The quantitative estimate of drug-likeness (QED) is 0.797. The number of rotatable bonds is 6. The van der Waals surface area contributed by atoms with Crippen molar-refractivity contribution in [1.82, 2.24) is 5.32 Å². The molecule has 1 atom stereocenters. The van der Waals surface area contributed by atoms with Gasteiger partial charge < -0.3 is 10.1 Å². The molecule has 0 aliphatic carbocycles. The first-order valence-electron chi connectivity index (χ1n) is 7.48. The fourth-order valence-corrected chi connectivity index (χ4v) is 4.00. The van der Waals surface area contributed by atoms with Crippen LogP contribution >= 0.6 is 23.5 Å². The van der Waals surface area contributed by atoms with Gasteiger partial charge in [-0.15, -0.1) is 0 Å². The number of esters is 1. The van der Waals surface area contributed by atoms with Crippen LogP contribution in [-0.2, 0) is 15.3 Å². The molecule has 0 fully saturated rings. The average molecular weight is 352 g/mol. The van der Waals surface area contributed by atoms with Gasteiger partial charge in [0.2, 0.25) is 0 Å². The van der Waals surface area contributed by atoms with Gasteiger partial charge in [-0.1, -0.05) is 41.7 Å². The smallest absolute Gasteiger partial charge is 0.339 e. The van der Waals surface area contributed by atoms with Gasteiger partial charge in [0, 0.05) is 18.1 Å². The maximum Gasteiger partial charge on any atom is 0.339 e. The number of carbonyl (C=O) groups excluding carboxylic acids is 2. The second kappa shape index (κ2) is 8.98. The highest BCUT2D eigenvalue weighted by molar-refractivity contribution is 8.38. The zero-order valence-electron chi connectivity index (χ0n) is 13.2. The maximum absolute atomic E-state index is 12.3. The van der Waals surface area contributed by atoms with Crippen molar-refractivity contribution >= 4 is 39.8 Å². The highest BCUT2D eigenvalue weighted by Gasteiger charge is 2.20. The minimum absolute atomic E-state index is 0.288. The molecule has 1 aliphatic heterocycles. The molecule has 0 radical (unpaired) electrons. The average Bonchev–Trinajstić information content (AvgIpc) is 3.06. The van der Waals surface area contributed by atoms with Crippen LogP contribution in [0.3, 0.4) is 0 Å². The van der Waals surface area contributed by atoms with Crippen molar-refractivity contribution < 1.29 is 14.3 Å². The standard InChI is InChI=1S/C16H20N2O3S2/c1-3-17-14(19)11(2)21-15(20)13-7-5-4-6-12(13)10-23-16-18-8-9-22-16/h4-7,11H,3,8-10H2,1-2H3,(H,17,19)/t11-/m1/s1. The van der Waals surface area contributed by atoms with E-state index >= 15 is 0 Å². The Kier molecular flexibility index (Phi) is 6.98. The van der Waals surface area contributed by atoms with Crippen molar-refractivity contribution in [1.29, 1.82) is 0 Å². The fourth-order valence-electron chi connectivity index (χ4n) is 1.98. The molecule has 0 saturated heterocycles. The van der Waals surface area contributed by atoms with E-state index in [0.717, 1.165) is 22.2 Å². The minimum atomic E-state index is -0.807. The molecule has 124 valence electrons. The molecule has 1 aromatic carbocycles. The Morgan fingerprint density at radius 3 is 2.91 bits per heavy atom. The number of hydrogen-bond donors (Lipinski definition) is 1. The summed E-state index contributed by atoms with van der Waals surface area (Å²) < 4.78 is 6.33. The van der Waals surface area contributed by atoms with Gasteiger partial charge in [0.15, 0.2) is 6.10 Å². The van der Waals surface area contributed by atoms with Gasteiger partial charge in [-0.05, 0) is 25.5 Å². The third kappa shape index (κ3) is 5.28. The Bertz CT molecular complexity index is 605. The van der Waals surface area contributed by atoms with E-state index in [-0.39, 0.29) is 5.91 Å². The molecule has 0 saturated carbocycles. The molecule has 5 nitrogen and oxygen atoms in total. The second-order valence-corrected chi connectivity index (χ2v) is 7.19. The first-order valence-corrected chi connectivity index (χ1v) is 9.45. The number of nitrogens with zero attached hydrogens (tertiary/aromatic N) is 1. The van der Waals surface area contributed by atoms with Crippen LogP contribution in [0, 0.1) is 0 Å². The van der Waals surface area contributed by atoms with Crippen molar-refractivity contribution in [3.8, 4) is 0 Å². The summed E-state index contributed by atoms with van der Waals surface area (Å²) in [4.78, 5) is 28.4. The summed E-state index contributed by atoms with van der Waals surface area (Å²) in [5.74, 6) is 0.924. The summed E-state index contributed by atoms with van der Waals surface area (Å²) in [6.45, 7) is 4.77. The topological polar surface area (TPSA) is 67.8 Å². The summed E-state index contributed by atoms with van der Waals surface area (Å²) in [6, 6.07) is 7.32. The lowest BCUT2D eigenvalue weighted by molar-refractivity contribution is -0.128. The summed E-state index contributed by atoms with van der Waals surface area (Å²) in [7, 11) is 0. The third-order valence-electron chi connectivity index (χ3n) is 3.15. The number of hydrogen-bond acceptors (Lipinski definition) is 6. The van der Waals surface area contributed by atoms with Crippen LogP contribution in [0.15, 0.2) is 29.3 Å². The van der Waals surface area contributed by atoms with Gasteiger partial charge in [-0.2, -0.15) is 0 Å². The lowest BCUT2D eigenvalue weighted by atomic mass is 10.1. The Labute approximate surface area is 144 Å². The molecule has 7 heteroatoms. The van der Waals surface area contributed by atoms with E-state index in [1.807, 2.05) is 19.1 Å². The Morgan fingerprint density at radius 1 is 1.43 bits per heavy atom. The predicted octanol–water partition coefficient (Wildman–Crippen LogP) is 2.70. The van der Waals surface area contributed by atoms with Crippen LogP contribution in [0.4, 0.5) is 0 Å². The van der Waals surface area contributed by atoms with Crippen molar-refractivity contribution in [2.24, 2.45) is 4.99 Å². The van der Waals surface area contributed by atoms with E-state index < -0.39 is 12.1 Å². The lowest BCUT2D eigenvalue weighted by Crippen LogP contribution is -2.35. The van der Waals surface area contributed by atoms with Crippen LogP contribution in [0.5, 0.6) is 0 Å². The Hall–Kier alpha value is -1.47. The number of aliphatic imine (C=N–C) groups is 1. The van der Waals surface area contributed by atoms with Crippen molar-refractivity contribution in [2.45, 2.75) is 25.7 Å². The number of benzene rings is 1. The summed E-state index contributed by atoms with van der Waals surface area (Å²) in [6.07, 6.45) is -0.807. The molecule has 23 heavy (non-hydrogen) atoms. The molecule has 2 rings (SSSR count). The monoisotopic (exact) mass is 352 g/mol. The number of carbonyl (C=O) groups is 2. The third-order valence-corrected chi connectivity index (χ3v) is 5.45. The van der Waals surface area contributed by atoms with Gasteiger partial charge in [-0.3, -0.25) is 9.79 Å². The van der Waals surface area contributed by atoms with Crippen molar-refractivity contribution in [2.75, 3.05) is 18.8 Å². The van der Waals surface area contributed by atoms with Crippen molar-refractivity contribution in [3.05, 3.63) is 35.4 Å². The minimum Gasteiger partial charge on any atom is -0.449 e. The van der Waals surface area contributed by atoms with E-state index in [1.165, 1.54) is 0 Å². The summed E-state index contributed by atoms with van der Waals surface area (Å²) >= 11 is 3.37. The number of thioether (sulfide) groups is 2. The molecule has 1 N–H and O–H groups in total. The molecule has 0 bridgehead atoms. The van der Waals surface area contributed by atoms with E-state index in [9.17, 15) is 9.59 Å². The summed E-state index contributed by atoms with van der Waals surface area (Å²) in [5.41, 5.74) is 1.39. The van der Waals surface area contributed by atoms with Gasteiger partial charge in [0.1, 0.15) is 4.38 Å². The van der Waals surface area contributed by atoms with Gasteiger partial charge in [0.05, 0.1) is 12.1 Å². The molecule has 1 aliphatic rings. The molecular weight excluding hydrogens is 332 g/mol. The molecule has 1 amide bonds. The normalized spacial score (nSPS) is 15.0. The molecule has 1 aromatic rings. The number of amides is 1. The van der Waals surface area contributed by atoms with Crippen LogP contribution in [0.2, 0.25) is 0 Å².